The van der Waals surface area contributed by atoms with E-state index in [4.69, 9.17) is 10.00 Å². The highest BCUT2D eigenvalue weighted by atomic mass is 16.5. The van der Waals surface area contributed by atoms with E-state index in [0.717, 1.165) is 30.8 Å². The van der Waals surface area contributed by atoms with Crippen LogP contribution in [0.25, 0.3) is 0 Å². The molecular weight excluding hydrogens is 216 g/mol. The Morgan fingerprint density at radius 1 is 1.29 bits per heavy atom. The summed E-state index contributed by atoms with van der Waals surface area (Å²) >= 11 is 0. The third kappa shape index (κ3) is 3.68. The summed E-state index contributed by atoms with van der Waals surface area (Å²) in [5.74, 6) is 0.328. The standard InChI is InChI=1S/C12H18N4O/c1-4-5-14-6-7-17-12-11(8-13)9(2)10(3)15-16-12/h14H,4-7H2,1-3H3. The second-order valence-corrected chi connectivity index (χ2v) is 3.80. The van der Waals surface area contributed by atoms with Gasteiger partial charge < -0.3 is 10.1 Å². The maximum absolute atomic E-state index is 9.05. The van der Waals surface area contributed by atoms with Crippen molar-refractivity contribution in [2.75, 3.05) is 19.7 Å². The Morgan fingerprint density at radius 2 is 2.06 bits per heavy atom. The molecule has 5 heteroatoms. The Morgan fingerprint density at radius 3 is 2.71 bits per heavy atom. The van der Waals surface area contributed by atoms with Crippen LogP contribution in [-0.2, 0) is 0 Å². The molecule has 0 aliphatic heterocycles. The number of nitriles is 1. The van der Waals surface area contributed by atoms with Crippen molar-refractivity contribution >= 4 is 0 Å². The third-order valence-corrected chi connectivity index (χ3v) is 2.48. The molecule has 1 aromatic rings. The number of nitrogens with zero attached hydrogens (tertiary/aromatic N) is 3. The molecule has 0 saturated heterocycles. The SMILES string of the molecule is CCCNCCOc1nnc(C)c(C)c1C#N. The molecule has 0 unspecified atom stereocenters. The molecule has 0 radical (unpaired) electrons. The first-order valence-corrected chi connectivity index (χ1v) is 5.78. The first kappa shape index (κ1) is 13.4. The van der Waals surface area contributed by atoms with Crippen molar-refractivity contribution in [2.45, 2.75) is 27.2 Å². The minimum Gasteiger partial charge on any atom is -0.474 e. The second-order valence-electron chi connectivity index (χ2n) is 3.80. The van der Waals surface area contributed by atoms with Crippen LogP contribution in [0.15, 0.2) is 0 Å². The lowest BCUT2D eigenvalue weighted by molar-refractivity contribution is 0.297. The summed E-state index contributed by atoms with van der Waals surface area (Å²) in [4.78, 5) is 0. The predicted molar refractivity (Wildman–Crippen MR) is 64.9 cm³/mol. The number of hydrogen-bond acceptors (Lipinski definition) is 5. The molecule has 0 aliphatic rings. The smallest absolute Gasteiger partial charge is 0.251 e. The minimum atomic E-state index is 0.328. The highest BCUT2D eigenvalue weighted by molar-refractivity contribution is 5.44. The van der Waals surface area contributed by atoms with Crippen molar-refractivity contribution in [1.82, 2.24) is 15.5 Å². The van der Waals surface area contributed by atoms with Crippen LogP contribution in [0.2, 0.25) is 0 Å². The van der Waals surface area contributed by atoms with Crippen molar-refractivity contribution in [3.8, 4) is 11.9 Å². The van der Waals surface area contributed by atoms with Gasteiger partial charge in [0, 0.05) is 6.54 Å². The molecule has 92 valence electrons. The number of hydrogen-bond donors (Lipinski definition) is 1. The Hall–Kier alpha value is -1.67. The van der Waals surface area contributed by atoms with Gasteiger partial charge in [0.15, 0.2) is 0 Å². The zero-order valence-corrected chi connectivity index (χ0v) is 10.6. The summed E-state index contributed by atoms with van der Waals surface area (Å²) in [5, 5.41) is 20.1. The van der Waals surface area contributed by atoms with Crippen LogP contribution in [0.4, 0.5) is 0 Å². The molecule has 0 amide bonds. The molecule has 1 aromatic heterocycles. The quantitative estimate of drug-likeness (QED) is 0.752. The van der Waals surface area contributed by atoms with Crippen molar-refractivity contribution < 1.29 is 4.74 Å². The lowest BCUT2D eigenvalue weighted by Gasteiger charge is -2.09. The largest absolute Gasteiger partial charge is 0.474 e. The fourth-order valence-electron chi connectivity index (χ4n) is 1.34. The van der Waals surface area contributed by atoms with Crippen LogP contribution < -0.4 is 10.1 Å². The molecule has 5 nitrogen and oxygen atoms in total. The van der Waals surface area contributed by atoms with Crippen molar-refractivity contribution in [2.24, 2.45) is 0 Å². The number of rotatable bonds is 6. The molecule has 0 aromatic carbocycles. The molecule has 1 N–H and O–H groups in total. The summed E-state index contributed by atoms with van der Waals surface area (Å²) < 4.78 is 5.45. The Labute approximate surface area is 102 Å². The maximum atomic E-state index is 9.05. The highest BCUT2D eigenvalue weighted by Gasteiger charge is 2.11. The highest BCUT2D eigenvalue weighted by Crippen LogP contribution is 2.18. The number of aromatic nitrogens is 2. The van der Waals surface area contributed by atoms with Crippen molar-refractivity contribution in [3.63, 3.8) is 0 Å². The molecule has 0 fully saturated rings. The third-order valence-electron chi connectivity index (χ3n) is 2.48. The summed E-state index contributed by atoms with van der Waals surface area (Å²) in [5.41, 5.74) is 2.07. The average molecular weight is 234 g/mol. The molecule has 0 aliphatic carbocycles. The number of ether oxygens (including phenoxy) is 1. The molecular formula is C12H18N4O. The van der Waals surface area contributed by atoms with Gasteiger partial charge in [0.05, 0.1) is 5.69 Å². The number of nitrogens with one attached hydrogen (secondary N) is 1. The van der Waals surface area contributed by atoms with E-state index in [1.807, 2.05) is 13.8 Å². The summed E-state index contributed by atoms with van der Waals surface area (Å²) in [7, 11) is 0. The van der Waals surface area contributed by atoms with Crippen LogP contribution in [-0.4, -0.2) is 29.9 Å². The van der Waals surface area contributed by atoms with E-state index < -0.39 is 0 Å². The fourth-order valence-corrected chi connectivity index (χ4v) is 1.34. The van der Waals surface area contributed by atoms with Gasteiger partial charge in [0.2, 0.25) is 0 Å². The van der Waals surface area contributed by atoms with Crippen molar-refractivity contribution in [1.29, 1.82) is 5.26 Å². The van der Waals surface area contributed by atoms with E-state index in [0.29, 0.717) is 18.1 Å². The molecule has 17 heavy (non-hydrogen) atoms. The molecule has 0 atom stereocenters. The number of aryl methyl sites for hydroxylation is 1. The van der Waals surface area contributed by atoms with Gasteiger partial charge in [-0.05, 0) is 32.4 Å². The monoisotopic (exact) mass is 234 g/mol. The van der Waals surface area contributed by atoms with E-state index in [-0.39, 0.29) is 0 Å². The van der Waals surface area contributed by atoms with E-state index in [1.54, 1.807) is 0 Å². The average Bonchev–Trinajstić information content (AvgIpc) is 2.33. The van der Waals surface area contributed by atoms with E-state index in [2.05, 4.69) is 28.5 Å². The van der Waals surface area contributed by atoms with Crippen LogP contribution in [0.1, 0.15) is 30.2 Å². The lowest BCUT2D eigenvalue weighted by Crippen LogP contribution is -2.22. The van der Waals surface area contributed by atoms with Crippen molar-refractivity contribution in [3.05, 3.63) is 16.8 Å². The van der Waals surface area contributed by atoms with Gasteiger partial charge in [-0.15, -0.1) is 5.10 Å². The summed E-state index contributed by atoms with van der Waals surface area (Å²) in [6.07, 6.45) is 1.09. The van der Waals surface area contributed by atoms with Crippen LogP contribution in [0, 0.1) is 25.2 Å². The Kier molecular flexibility index (Phi) is 5.37. The van der Waals surface area contributed by atoms with Gasteiger partial charge in [0.25, 0.3) is 5.88 Å². The van der Waals surface area contributed by atoms with Gasteiger partial charge in [-0.1, -0.05) is 6.92 Å². The lowest BCUT2D eigenvalue weighted by atomic mass is 10.1. The van der Waals surface area contributed by atoms with E-state index in [9.17, 15) is 0 Å². The second kappa shape index (κ2) is 6.81. The minimum absolute atomic E-state index is 0.328. The topological polar surface area (TPSA) is 70.8 Å². The van der Waals surface area contributed by atoms with Crippen LogP contribution >= 0.6 is 0 Å². The fraction of sp³-hybridized carbons (Fsp3) is 0.583. The molecule has 1 heterocycles. The van der Waals surface area contributed by atoms with Crippen LogP contribution in [0.3, 0.4) is 0 Å². The first-order chi connectivity index (χ1) is 8.20. The zero-order chi connectivity index (χ0) is 12.7. The van der Waals surface area contributed by atoms with Gasteiger partial charge in [-0.25, -0.2) is 0 Å². The Balaban J connectivity index is 2.60. The van der Waals surface area contributed by atoms with Gasteiger partial charge in [-0.2, -0.15) is 10.4 Å². The Bertz CT molecular complexity index is 412. The molecule has 1 rings (SSSR count). The first-order valence-electron chi connectivity index (χ1n) is 5.78. The normalized spacial score (nSPS) is 10.0. The van der Waals surface area contributed by atoms with E-state index in [1.165, 1.54) is 0 Å². The van der Waals surface area contributed by atoms with E-state index >= 15 is 0 Å². The predicted octanol–water partition coefficient (Wildman–Crippen LogP) is 1.34. The summed E-state index contributed by atoms with van der Waals surface area (Å²) in [6.45, 7) is 7.99. The molecule has 0 saturated carbocycles. The summed E-state index contributed by atoms with van der Waals surface area (Å²) in [6, 6.07) is 2.11. The van der Waals surface area contributed by atoms with Gasteiger partial charge in [0.1, 0.15) is 18.2 Å². The van der Waals surface area contributed by atoms with Crippen LogP contribution in [0.5, 0.6) is 5.88 Å². The molecule has 0 spiro atoms. The molecule has 0 bridgehead atoms. The van der Waals surface area contributed by atoms with Gasteiger partial charge >= 0.3 is 0 Å². The van der Waals surface area contributed by atoms with Gasteiger partial charge in [-0.3, -0.25) is 0 Å². The maximum Gasteiger partial charge on any atom is 0.251 e. The zero-order valence-electron chi connectivity index (χ0n) is 10.6.